The van der Waals surface area contributed by atoms with Gasteiger partial charge in [0.05, 0.1) is 0 Å². The van der Waals surface area contributed by atoms with Crippen molar-refractivity contribution < 1.29 is 33.9 Å². The average molecular weight is 666 g/mol. The summed E-state index contributed by atoms with van der Waals surface area (Å²) in [5, 5.41) is 35.7. The number of carbonyl (C=O) groups is 5. The molecule has 1 unspecified atom stereocenters. The maximum atomic E-state index is 13.3. The summed E-state index contributed by atoms with van der Waals surface area (Å²) in [6, 6.07) is -1.08. The molecule has 2 atom stereocenters. The zero-order valence-electron chi connectivity index (χ0n) is 21.7. The number of aliphatic carboxylic acids is 1. The van der Waals surface area contributed by atoms with E-state index in [1.54, 1.807) is 12.4 Å². The zero-order valence-corrected chi connectivity index (χ0v) is 25.0. The first-order chi connectivity index (χ1) is 20.8. The highest BCUT2D eigenvalue weighted by molar-refractivity contribution is 8.01. The summed E-state index contributed by atoms with van der Waals surface area (Å²) in [6.45, 7) is -0.563. The Morgan fingerprint density at radius 2 is 2.14 bits per heavy atom. The molecule has 0 saturated carbocycles. The number of rotatable bonds is 13. The fourth-order valence-corrected chi connectivity index (χ4v) is 7.33. The number of nitrogens with zero attached hydrogens (tertiary/aromatic N) is 8. The highest BCUT2D eigenvalue weighted by Gasteiger charge is 2.54. The van der Waals surface area contributed by atoms with Crippen molar-refractivity contribution in [2.45, 2.75) is 16.6 Å². The molecule has 5 rings (SSSR count). The molecule has 2 aliphatic rings. The van der Waals surface area contributed by atoms with Crippen molar-refractivity contribution in [3.8, 4) is 0 Å². The van der Waals surface area contributed by atoms with Crippen molar-refractivity contribution in [1.82, 2.24) is 40.4 Å². The molecule has 0 spiro atoms. The predicted octanol–water partition coefficient (Wildman–Crippen LogP) is -0.418. The number of β-lactam (4-membered cyclic amide) rings is 1. The molecule has 0 bridgehead atoms. The van der Waals surface area contributed by atoms with Gasteiger partial charge in [-0.25, -0.2) is 19.4 Å². The molecule has 5 heterocycles. The average Bonchev–Trinajstić information content (AvgIpc) is 3.75. The number of carbonyl (C=O) groups excluding carboxylic acids is 4. The molecule has 2 aliphatic heterocycles. The SMILES string of the molecule is Cn1nnnc1SCC1=C(C(=O)O)N2C(=O)C(NC(=O)C(=NOCC(=O)Nc3nccs3)c3csc(NC=O)n3)[C@@H]2SC1. The van der Waals surface area contributed by atoms with E-state index in [1.165, 1.54) is 51.1 Å². The fourth-order valence-electron chi connectivity index (χ4n) is 3.80. The van der Waals surface area contributed by atoms with Gasteiger partial charge in [0.15, 0.2) is 22.6 Å². The molecule has 0 radical (unpaired) electrons. The van der Waals surface area contributed by atoms with Crippen LogP contribution < -0.4 is 16.0 Å². The monoisotopic (exact) mass is 665 g/mol. The molecule has 4 amide bonds. The van der Waals surface area contributed by atoms with Gasteiger partial charge in [0.1, 0.15) is 22.8 Å². The van der Waals surface area contributed by atoms with Gasteiger partial charge < -0.3 is 20.6 Å². The first kappa shape index (κ1) is 30.1. The predicted molar refractivity (Wildman–Crippen MR) is 154 cm³/mol. The van der Waals surface area contributed by atoms with Crippen LogP contribution in [0.2, 0.25) is 0 Å². The van der Waals surface area contributed by atoms with Gasteiger partial charge in [-0.1, -0.05) is 16.9 Å². The Morgan fingerprint density at radius 3 is 2.84 bits per heavy atom. The number of hydrogen-bond acceptors (Lipinski definition) is 16. The lowest BCUT2D eigenvalue weighted by molar-refractivity contribution is -0.150. The largest absolute Gasteiger partial charge is 0.477 e. The lowest BCUT2D eigenvalue weighted by atomic mass is 10.0. The number of thiazole rings is 2. The van der Waals surface area contributed by atoms with Gasteiger partial charge in [-0.15, -0.1) is 39.5 Å². The summed E-state index contributed by atoms with van der Waals surface area (Å²) in [5.41, 5.74) is -0.0119. The number of fused-ring (bicyclic) bond motifs is 1. The van der Waals surface area contributed by atoms with Crippen molar-refractivity contribution in [3.63, 3.8) is 0 Å². The number of anilines is 2. The van der Waals surface area contributed by atoms with Crippen LogP contribution in [0.4, 0.5) is 10.3 Å². The Morgan fingerprint density at radius 1 is 1.30 bits per heavy atom. The number of nitrogens with one attached hydrogen (secondary N) is 3. The third-order valence-corrected chi connectivity index (χ3v) is 9.57. The molecule has 0 aliphatic carbocycles. The van der Waals surface area contributed by atoms with Gasteiger partial charge in [0.2, 0.25) is 11.6 Å². The number of carboxylic acids is 1. The van der Waals surface area contributed by atoms with E-state index < -0.39 is 41.7 Å². The molecule has 0 aromatic carbocycles. The van der Waals surface area contributed by atoms with Crippen LogP contribution in [0, 0.1) is 0 Å². The van der Waals surface area contributed by atoms with Crippen LogP contribution in [-0.2, 0) is 35.9 Å². The number of amides is 4. The minimum atomic E-state index is -1.28. The highest BCUT2D eigenvalue weighted by Crippen LogP contribution is 2.41. The molecule has 1 fully saturated rings. The lowest BCUT2D eigenvalue weighted by Gasteiger charge is -2.49. The molecule has 43 heavy (non-hydrogen) atoms. The number of thioether (sulfide) groups is 2. The van der Waals surface area contributed by atoms with E-state index in [4.69, 9.17) is 4.84 Å². The van der Waals surface area contributed by atoms with Crippen LogP contribution in [-0.4, -0.2) is 106 Å². The Hall–Kier alpha value is -4.41. The number of aryl methyl sites for hydroxylation is 1. The number of oxime groups is 1. The Labute approximate surface area is 257 Å². The highest BCUT2D eigenvalue weighted by atomic mass is 32.2. The van der Waals surface area contributed by atoms with Crippen LogP contribution in [0.3, 0.4) is 0 Å². The Bertz CT molecular complexity index is 1620. The number of carboxylic acid groups (broad SMARTS) is 1. The van der Waals surface area contributed by atoms with E-state index in [2.05, 4.69) is 46.6 Å². The Balaban J connectivity index is 1.29. The van der Waals surface area contributed by atoms with Gasteiger partial charge in [-0.2, -0.15) is 0 Å². The second-order valence-corrected chi connectivity index (χ2v) is 12.2. The topological polar surface area (TPSA) is 236 Å². The van der Waals surface area contributed by atoms with Crippen molar-refractivity contribution in [2.24, 2.45) is 12.2 Å². The van der Waals surface area contributed by atoms with Gasteiger partial charge >= 0.3 is 5.97 Å². The fraction of sp³-hybridized carbons (Fsp3) is 0.286. The molecule has 1 saturated heterocycles. The molecule has 22 heteroatoms. The van der Waals surface area contributed by atoms with E-state index in [9.17, 15) is 29.1 Å². The van der Waals surface area contributed by atoms with E-state index >= 15 is 0 Å². The van der Waals surface area contributed by atoms with E-state index in [0.29, 0.717) is 22.3 Å². The molecular weight excluding hydrogens is 647 g/mol. The van der Waals surface area contributed by atoms with Crippen LogP contribution in [0.25, 0.3) is 0 Å². The van der Waals surface area contributed by atoms with Crippen molar-refractivity contribution in [3.05, 3.63) is 33.9 Å². The summed E-state index contributed by atoms with van der Waals surface area (Å²) in [4.78, 5) is 75.9. The number of aromatic nitrogens is 6. The maximum Gasteiger partial charge on any atom is 0.352 e. The smallest absolute Gasteiger partial charge is 0.352 e. The zero-order chi connectivity index (χ0) is 30.5. The minimum absolute atomic E-state index is 0.0100. The number of hydrogen-bond donors (Lipinski definition) is 4. The molecule has 3 aromatic rings. The van der Waals surface area contributed by atoms with E-state index in [-0.39, 0.29) is 33.7 Å². The van der Waals surface area contributed by atoms with Gasteiger partial charge in [-0.3, -0.25) is 29.4 Å². The van der Waals surface area contributed by atoms with Crippen molar-refractivity contribution in [1.29, 1.82) is 0 Å². The summed E-state index contributed by atoms with van der Waals surface area (Å²) < 4.78 is 1.45. The standard InChI is InChI=1S/C21H19N11O7S4/c1-31-21(27-29-30-31)43-6-9-5-41-17-13(16(36)32(17)14(9)18(37)38)26-15(35)12(10-7-42-20(24-10)23-8-33)28-39-4-11(34)25-19-22-2-3-40-19/h2-3,7-8,13,17H,4-6H2,1H3,(H,26,35)(H,37,38)(H,22,25,34)(H,23,24,33)/t13?,17-/m0/s1. The van der Waals surface area contributed by atoms with Gasteiger partial charge in [-0.05, 0) is 16.0 Å². The summed E-state index contributed by atoms with van der Waals surface area (Å²) in [6.07, 6.45) is 1.92. The lowest BCUT2D eigenvalue weighted by Crippen LogP contribution is -2.71. The minimum Gasteiger partial charge on any atom is -0.477 e. The quantitative estimate of drug-likeness (QED) is 0.0597. The first-order valence-electron chi connectivity index (χ1n) is 11.9. The Kier molecular flexibility index (Phi) is 9.27. The van der Waals surface area contributed by atoms with Crippen molar-refractivity contribution >= 4 is 92.3 Å². The summed E-state index contributed by atoms with van der Waals surface area (Å²) >= 11 is 4.72. The van der Waals surface area contributed by atoms with Crippen LogP contribution in [0.5, 0.6) is 0 Å². The normalized spacial score (nSPS) is 18.0. The molecule has 224 valence electrons. The second kappa shape index (κ2) is 13.3. The molecule has 18 nitrogen and oxygen atoms in total. The van der Waals surface area contributed by atoms with Crippen LogP contribution in [0.15, 0.2) is 38.5 Å². The van der Waals surface area contributed by atoms with E-state index in [0.717, 1.165) is 16.2 Å². The molecular formula is C21H19N11O7S4. The van der Waals surface area contributed by atoms with Gasteiger partial charge in [0.25, 0.3) is 17.7 Å². The third-order valence-electron chi connectivity index (χ3n) is 5.67. The molecule has 3 aromatic heterocycles. The van der Waals surface area contributed by atoms with E-state index in [1.807, 2.05) is 0 Å². The summed E-state index contributed by atoms with van der Waals surface area (Å²) in [5.74, 6) is -2.83. The first-order valence-corrected chi connectivity index (χ1v) is 15.7. The number of tetrazole rings is 1. The van der Waals surface area contributed by atoms with Crippen molar-refractivity contribution in [2.75, 3.05) is 28.7 Å². The summed E-state index contributed by atoms with van der Waals surface area (Å²) in [7, 11) is 1.65. The maximum absolute atomic E-state index is 13.3. The van der Waals surface area contributed by atoms with Gasteiger partial charge in [0, 0.05) is 35.5 Å². The third kappa shape index (κ3) is 6.65. The van der Waals surface area contributed by atoms with Crippen LogP contribution >= 0.6 is 46.2 Å². The second-order valence-electron chi connectivity index (χ2n) is 8.39. The van der Waals surface area contributed by atoms with Crippen LogP contribution in [0.1, 0.15) is 5.69 Å². The molecule has 4 N–H and O–H groups in total.